The topological polar surface area (TPSA) is 20.3 Å². The van der Waals surface area contributed by atoms with Crippen LogP contribution in [-0.4, -0.2) is 11.9 Å². The van der Waals surface area contributed by atoms with Gasteiger partial charge >= 0.3 is 0 Å². The van der Waals surface area contributed by atoms with Crippen LogP contribution in [0.1, 0.15) is 44.6 Å². The molecule has 1 aromatic rings. The van der Waals surface area contributed by atoms with E-state index in [9.17, 15) is 4.79 Å². The number of rotatable bonds is 1. The van der Waals surface area contributed by atoms with Gasteiger partial charge in [-0.05, 0) is 37.8 Å². The van der Waals surface area contributed by atoms with Crippen LogP contribution < -0.4 is 4.90 Å². The molecule has 0 spiro atoms. The van der Waals surface area contributed by atoms with Crippen LogP contribution >= 0.6 is 0 Å². The van der Waals surface area contributed by atoms with Gasteiger partial charge in [-0.3, -0.25) is 4.79 Å². The van der Waals surface area contributed by atoms with Gasteiger partial charge in [0.15, 0.2) is 0 Å². The van der Waals surface area contributed by atoms with E-state index in [-0.39, 0.29) is 5.92 Å². The van der Waals surface area contributed by atoms with Gasteiger partial charge in [-0.1, -0.05) is 37.5 Å². The lowest BCUT2D eigenvalue weighted by Gasteiger charge is -2.29. The minimum Gasteiger partial charge on any atom is -0.309 e. The van der Waals surface area contributed by atoms with Crippen molar-refractivity contribution in [3.05, 3.63) is 29.8 Å². The molecule has 0 radical (unpaired) electrons. The van der Waals surface area contributed by atoms with Crippen molar-refractivity contribution in [3.8, 4) is 0 Å². The predicted molar refractivity (Wildman–Crippen MR) is 73.7 cm³/mol. The summed E-state index contributed by atoms with van der Waals surface area (Å²) >= 11 is 0. The molecule has 0 unspecified atom stereocenters. The van der Waals surface area contributed by atoms with E-state index < -0.39 is 0 Å². The Labute approximate surface area is 109 Å². The molecule has 18 heavy (non-hydrogen) atoms. The van der Waals surface area contributed by atoms with Crippen LogP contribution in [0.2, 0.25) is 0 Å². The van der Waals surface area contributed by atoms with Crippen molar-refractivity contribution in [1.82, 2.24) is 0 Å². The van der Waals surface area contributed by atoms with E-state index in [2.05, 4.69) is 30.0 Å². The zero-order valence-electron chi connectivity index (χ0n) is 11.1. The first-order chi connectivity index (χ1) is 8.77. The maximum absolute atomic E-state index is 12.7. The first-order valence-electron chi connectivity index (χ1n) is 7.18. The monoisotopic (exact) mass is 243 g/mol. The average Bonchev–Trinajstić information content (AvgIpc) is 2.75. The number of fused-ring (bicyclic) bond motifs is 1. The SMILES string of the molecule is C[C@H]1Cc2ccccc2N1C(=O)C1CCCCC1. The molecule has 2 heteroatoms. The third-order valence-corrected chi connectivity index (χ3v) is 4.40. The van der Waals surface area contributed by atoms with Crippen LogP contribution in [0.4, 0.5) is 5.69 Å². The van der Waals surface area contributed by atoms with Crippen molar-refractivity contribution in [2.75, 3.05) is 4.90 Å². The van der Waals surface area contributed by atoms with Crippen molar-refractivity contribution in [1.29, 1.82) is 0 Å². The minimum atomic E-state index is 0.271. The van der Waals surface area contributed by atoms with Crippen LogP contribution in [0.15, 0.2) is 24.3 Å². The van der Waals surface area contributed by atoms with E-state index in [0.29, 0.717) is 11.9 Å². The largest absolute Gasteiger partial charge is 0.309 e. The quantitative estimate of drug-likeness (QED) is 0.738. The highest BCUT2D eigenvalue weighted by Gasteiger charge is 2.34. The van der Waals surface area contributed by atoms with E-state index in [0.717, 1.165) is 24.9 Å². The standard InChI is InChI=1S/C16H21NO/c1-12-11-14-9-5-6-10-15(14)17(12)16(18)13-7-3-2-4-8-13/h5-6,9-10,12-13H,2-4,7-8,11H2,1H3/t12-/m0/s1. The van der Waals surface area contributed by atoms with Gasteiger partial charge in [-0.15, -0.1) is 0 Å². The molecule has 2 aliphatic rings. The van der Waals surface area contributed by atoms with E-state index in [1.165, 1.54) is 24.8 Å². The Hall–Kier alpha value is -1.31. The second-order valence-corrected chi connectivity index (χ2v) is 5.73. The zero-order valence-corrected chi connectivity index (χ0v) is 11.1. The van der Waals surface area contributed by atoms with Crippen LogP contribution in [0.25, 0.3) is 0 Å². The van der Waals surface area contributed by atoms with Gasteiger partial charge in [0, 0.05) is 17.6 Å². The van der Waals surface area contributed by atoms with Gasteiger partial charge in [0.05, 0.1) is 0 Å². The van der Waals surface area contributed by atoms with Crippen molar-refractivity contribution in [2.24, 2.45) is 5.92 Å². The Bertz CT molecular complexity index is 448. The first-order valence-corrected chi connectivity index (χ1v) is 7.18. The van der Waals surface area contributed by atoms with Gasteiger partial charge < -0.3 is 4.90 Å². The molecule has 0 bridgehead atoms. The molecule has 1 aliphatic carbocycles. The Morgan fingerprint density at radius 3 is 2.67 bits per heavy atom. The number of carbonyl (C=O) groups excluding carboxylic acids is 1. The summed E-state index contributed by atoms with van der Waals surface area (Å²) in [5.74, 6) is 0.638. The molecule has 2 nitrogen and oxygen atoms in total. The fourth-order valence-corrected chi connectivity index (χ4v) is 3.45. The summed E-state index contributed by atoms with van der Waals surface area (Å²) in [6, 6.07) is 8.69. The summed E-state index contributed by atoms with van der Waals surface area (Å²) in [5, 5.41) is 0. The second kappa shape index (κ2) is 4.75. The van der Waals surface area contributed by atoms with Gasteiger partial charge in [0.25, 0.3) is 0 Å². The van der Waals surface area contributed by atoms with Crippen molar-refractivity contribution in [3.63, 3.8) is 0 Å². The Kier molecular flexibility index (Phi) is 3.11. The highest BCUT2D eigenvalue weighted by molar-refractivity contribution is 5.97. The fourth-order valence-electron chi connectivity index (χ4n) is 3.45. The second-order valence-electron chi connectivity index (χ2n) is 5.73. The zero-order chi connectivity index (χ0) is 12.5. The van der Waals surface area contributed by atoms with Gasteiger partial charge in [-0.2, -0.15) is 0 Å². The molecular weight excluding hydrogens is 222 g/mol. The smallest absolute Gasteiger partial charge is 0.230 e. The van der Waals surface area contributed by atoms with E-state index in [1.807, 2.05) is 6.07 Å². The number of para-hydroxylation sites is 1. The lowest BCUT2D eigenvalue weighted by atomic mass is 9.88. The van der Waals surface area contributed by atoms with Gasteiger partial charge in [0.2, 0.25) is 5.91 Å². The molecule has 1 fully saturated rings. The maximum atomic E-state index is 12.7. The molecule has 1 aliphatic heterocycles. The molecule has 1 saturated carbocycles. The summed E-state index contributed by atoms with van der Waals surface area (Å²) in [6.45, 7) is 2.17. The lowest BCUT2D eigenvalue weighted by Crippen LogP contribution is -2.40. The van der Waals surface area contributed by atoms with Crippen LogP contribution in [0.3, 0.4) is 0 Å². The van der Waals surface area contributed by atoms with Crippen molar-refractivity contribution >= 4 is 11.6 Å². The predicted octanol–water partition coefficient (Wildman–Crippen LogP) is 3.54. The number of hydrogen-bond donors (Lipinski definition) is 0. The highest BCUT2D eigenvalue weighted by Crippen LogP contribution is 2.35. The van der Waals surface area contributed by atoms with Crippen molar-refractivity contribution < 1.29 is 4.79 Å². The highest BCUT2D eigenvalue weighted by atomic mass is 16.2. The third kappa shape index (κ3) is 1.94. The number of anilines is 1. The molecular formula is C16H21NO. The minimum absolute atomic E-state index is 0.271. The Morgan fingerprint density at radius 2 is 1.89 bits per heavy atom. The molecule has 96 valence electrons. The molecule has 0 N–H and O–H groups in total. The molecule has 1 atom stereocenters. The first kappa shape index (κ1) is 11.8. The number of benzene rings is 1. The maximum Gasteiger partial charge on any atom is 0.230 e. The molecule has 0 aromatic heterocycles. The summed E-state index contributed by atoms with van der Waals surface area (Å²) in [5.41, 5.74) is 2.48. The summed E-state index contributed by atoms with van der Waals surface area (Å²) in [7, 11) is 0. The molecule has 1 aromatic carbocycles. The fraction of sp³-hybridized carbons (Fsp3) is 0.562. The number of hydrogen-bond acceptors (Lipinski definition) is 1. The van der Waals surface area contributed by atoms with Crippen molar-refractivity contribution in [2.45, 2.75) is 51.5 Å². The molecule has 0 saturated heterocycles. The molecule has 3 rings (SSSR count). The number of amides is 1. The van der Waals surface area contributed by atoms with Crippen LogP contribution in [0, 0.1) is 5.92 Å². The Morgan fingerprint density at radius 1 is 1.17 bits per heavy atom. The molecule has 1 heterocycles. The van der Waals surface area contributed by atoms with Crippen LogP contribution in [0.5, 0.6) is 0 Å². The Balaban J connectivity index is 1.85. The van der Waals surface area contributed by atoms with E-state index >= 15 is 0 Å². The number of carbonyl (C=O) groups is 1. The van der Waals surface area contributed by atoms with E-state index in [4.69, 9.17) is 0 Å². The van der Waals surface area contributed by atoms with E-state index in [1.54, 1.807) is 0 Å². The normalized spacial score (nSPS) is 24.1. The average molecular weight is 243 g/mol. The summed E-state index contributed by atoms with van der Waals surface area (Å²) in [6.07, 6.45) is 6.93. The van der Waals surface area contributed by atoms with Gasteiger partial charge in [0.1, 0.15) is 0 Å². The lowest BCUT2D eigenvalue weighted by molar-refractivity contribution is -0.123. The summed E-state index contributed by atoms with van der Waals surface area (Å²) < 4.78 is 0. The third-order valence-electron chi connectivity index (χ3n) is 4.40. The van der Waals surface area contributed by atoms with Crippen LogP contribution in [-0.2, 0) is 11.2 Å². The number of nitrogens with zero attached hydrogens (tertiary/aromatic N) is 1. The van der Waals surface area contributed by atoms with Gasteiger partial charge in [-0.25, -0.2) is 0 Å². The summed E-state index contributed by atoms with van der Waals surface area (Å²) in [4.78, 5) is 14.8. The molecule has 1 amide bonds.